The van der Waals surface area contributed by atoms with Gasteiger partial charge in [0.2, 0.25) is 0 Å². The molecule has 150 valence electrons. The summed E-state index contributed by atoms with van der Waals surface area (Å²) in [5.74, 6) is 0.0586. The van der Waals surface area contributed by atoms with Gasteiger partial charge in [0, 0.05) is 18.5 Å². The van der Waals surface area contributed by atoms with Crippen LogP contribution in [-0.4, -0.2) is 29.4 Å². The molecule has 2 aromatic carbocycles. The highest BCUT2D eigenvalue weighted by molar-refractivity contribution is 5.68. The lowest BCUT2D eigenvalue weighted by Gasteiger charge is -2.36. The van der Waals surface area contributed by atoms with Crippen LogP contribution in [0.4, 0.5) is 4.79 Å². The molecule has 0 spiro atoms. The van der Waals surface area contributed by atoms with Crippen molar-refractivity contribution in [1.29, 1.82) is 0 Å². The maximum absolute atomic E-state index is 12.8. The van der Waals surface area contributed by atoms with E-state index < -0.39 is 11.6 Å². The van der Waals surface area contributed by atoms with Gasteiger partial charge in [0.1, 0.15) is 6.29 Å². The van der Waals surface area contributed by atoms with E-state index in [9.17, 15) is 9.59 Å². The van der Waals surface area contributed by atoms with Gasteiger partial charge in [-0.25, -0.2) is 4.79 Å². The van der Waals surface area contributed by atoms with Gasteiger partial charge in [-0.05, 0) is 37.8 Å². The highest BCUT2D eigenvalue weighted by Crippen LogP contribution is 2.23. The Labute approximate surface area is 167 Å². The molecular weight excluding hydrogens is 352 g/mol. The summed E-state index contributed by atoms with van der Waals surface area (Å²) < 4.78 is 0. The predicted molar refractivity (Wildman–Crippen MR) is 111 cm³/mol. The van der Waals surface area contributed by atoms with Gasteiger partial charge in [0.25, 0.3) is 0 Å². The van der Waals surface area contributed by atoms with Crippen LogP contribution in [0.15, 0.2) is 60.7 Å². The van der Waals surface area contributed by atoms with Crippen LogP contribution < -0.4 is 5.48 Å². The van der Waals surface area contributed by atoms with E-state index in [-0.39, 0.29) is 12.0 Å². The molecule has 2 aromatic rings. The van der Waals surface area contributed by atoms with Gasteiger partial charge in [0.15, 0.2) is 0 Å². The van der Waals surface area contributed by atoms with Gasteiger partial charge in [-0.15, -0.1) is 5.48 Å². The number of amides is 1. The predicted octanol–water partition coefficient (Wildman–Crippen LogP) is 4.74. The van der Waals surface area contributed by atoms with Crippen molar-refractivity contribution in [2.75, 3.05) is 6.54 Å². The second kappa shape index (κ2) is 10.0. The molecule has 2 rings (SSSR count). The van der Waals surface area contributed by atoms with Crippen molar-refractivity contribution >= 4 is 12.4 Å². The number of rotatable bonds is 8. The Hall–Kier alpha value is -2.66. The summed E-state index contributed by atoms with van der Waals surface area (Å²) >= 11 is 0. The van der Waals surface area contributed by atoms with Crippen LogP contribution in [0.3, 0.4) is 0 Å². The van der Waals surface area contributed by atoms with E-state index in [1.165, 1.54) is 0 Å². The molecule has 0 radical (unpaired) electrons. The molecule has 28 heavy (non-hydrogen) atoms. The summed E-state index contributed by atoms with van der Waals surface area (Å²) in [5, 5.41) is 0. The van der Waals surface area contributed by atoms with Gasteiger partial charge < -0.3 is 14.5 Å². The first-order valence-electron chi connectivity index (χ1n) is 9.60. The normalized spacial score (nSPS) is 12.5. The molecule has 1 unspecified atom stereocenters. The first-order valence-corrected chi connectivity index (χ1v) is 9.60. The molecule has 5 nitrogen and oxygen atoms in total. The fraction of sp³-hybridized carbons (Fsp3) is 0.391. The SMILES string of the molecule is CC(CC=O)CN(C(=O)ONC(c1ccccc1)c1ccccc1)C(C)(C)C. The lowest BCUT2D eigenvalue weighted by Crippen LogP contribution is -2.49. The van der Waals surface area contributed by atoms with Crippen molar-refractivity contribution in [2.45, 2.75) is 45.7 Å². The fourth-order valence-electron chi connectivity index (χ4n) is 2.96. The smallest absolute Gasteiger partial charge is 0.353 e. The molecule has 0 saturated heterocycles. The number of nitrogens with one attached hydrogen (secondary N) is 1. The molecule has 1 N–H and O–H groups in total. The summed E-state index contributed by atoms with van der Waals surface area (Å²) in [6.45, 7) is 8.25. The Morgan fingerprint density at radius 3 is 1.96 bits per heavy atom. The number of nitrogens with zero attached hydrogens (tertiary/aromatic N) is 1. The van der Waals surface area contributed by atoms with Gasteiger partial charge in [0.05, 0.1) is 6.04 Å². The highest BCUT2D eigenvalue weighted by atomic mass is 16.7. The van der Waals surface area contributed by atoms with Crippen LogP contribution >= 0.6 is 0 Å². The van der Waals surface area contributed by atoms with E-state index in [0.29, 0.717) is 13.0 Å². The van der Waals surface area contributed by atoms with Gasteiger partial charge in [-0.2, -0.15) is 0 Å². The van der Waals surface area contributed by atoms with Crippen molar-refractivity contribution in [3.8, 4) is 0 Å². The molecule has 0 aliphatic heterocycles. The molecular formula is C23H30N2O3. The van der Waals surface area contributed by atoms with Crippen LogP contribution in [0, 0.1) is 5.92 Å². The van der Waals surface area contributed by atoms with Crippen molar-refractivity contribution in [2.24, 2.45) is 5.92 Å². The second-order valence-corrected chi connectivity index (χ2v) is 8.03. The minimum absolute atomic E-state index is 0.0586. The molecule has 1 atom stereocenters. The number of hydrogen-bond acceptors (Lipinski definition) is 4. The van der Waals surface area contributed by atoms with Gasteiger partial charge in [-0.1, -0.05) is 67.6 Å². The second-order valence-electron chi connectivity index (χ2n) is 8.03. The van der Waals surface area contributed by atoms with Crippen LogP contribution in [0.25, 0.3) is 0 Å². The van der Waals surface area contributed by atoms with E-state index in [0.717, 1.165) is 17.4 Å². The van der Waals surface area contributed by atoms with Crippen molar-refractivity contribution in [1.82, 2.24) is 10.4 Å². The maximum Gasteiger partial charge on any atom is 0.429 e. The molecule has 0 fully saturated rings. The molecule has 1 amide bonds. The zero-order chi connectivity index (χ0) is 20.6. The summed E-state index contributed by atoms with van der Waals surface area (Å²) in [7, 11) is 0. The number of hydrogen-bond donors (Lipinski definition) is 1. The highest BCUT2D eigenvalue weighted by Gasteiger charge is 2.30. The van der Waals surface area contributed by atoms with Crippen molar-refractivity contribution < 1.29 is 14.4 Å². The first-order chi connectivity index (χ1) is 13.3. The molecule has 0 aromatic heterocycles. The molecule has 0 aliphatic rings. The topological polar surface area (TPSA) is 58.6 Å². The molecule has 0 aliphatic carbocycles. The monoisotopic (exact) mass is 382 g/mol. The van der Waals surface area contributed by atoms with Crippen molar-refractivity contribution in [3.05, 3.63) is 71.8 Å². The van der Waals surface area contributed by atoms with Crippen molar-refractivity contribution in [3.63, 3.8) is 0 Å². The Kier molecular flexibility index (Phi) is 7.76. The number of benzene rings is 2. The van der Waals surface area contributed by atoms with E-state index in [2.05, 4.69) is 5.48 Å². The molecule has 0 bridgehead atoms. The van der Waals surface area contributed by atoms with Crippen LogP contribution in [0.5, 0.6) is 0 Å². The average Bonchev–Trinajstić information content (AvgIpc) is 2.67. The summed E-state index contributed by atoms with van der Waals surface area (Å²) in [4.78, 5) is 30.8. The third-order valence-corrected chi connectivity index (χ3v) is 4.55. The molecule has 0 heterocycles. The van der Waals surface area contributed by atoms with Gasteiger partial charge in [-0.3, -0.25) is 0 Å². The fourth-order valence-corrected chi connectivity index (χ4v) is 2.96. The third kappa shape index (κ3) is 6.20. The molecule has 0 saturated carbocycles. The standard InChI is InChI=1S/C23H30N2O3/c1-18(15-16-26)17-25(23(2,3)4)22(27)28-24-21(19-11-7-5-8-12-19)20-13-9-6-10-14-20/h5-14,16,18,21,24H,15,17H2,1-4H3. The summed E-state index contributed by atoms with van der Waals surface area (Å²) in [6.07, 6.45) is 0.835. The van der Waals surface area contributed by atoms with Crippen LogP contribution in [-0.2, 0) is 9.63 Å². The quantitative estimate of drug-likeness (QED) is 0.529. The Bertz CT molecular complexity index is 702. The average molecular weight is 383 g/mol. The largest absolute Gasteiger partial charge is 0.429 e. The Balaban J connectivity index is 2.16. The summed E-state index contributed by atoms with van der Waals surface area (Å²) in [6, 6.07) is 19.4. The minimum Gasteiger partial charge on any atom is -0.353 e. The first kappa shape index (κ1) is 21.6. The number of carbonyl (C=O) groups excluding carboxylic acids is 2. The van der Waals surface area contributed by atoms with E-state index in [1.807, 2.05) is 88.4 Å². The van der Waals surface area contributed by atoms with Crippen LogP contribution in [0.2, 0.25) is 0 Å². The Morgan fingerprint density at radius 2 is 1.54 bits per heavy atom. The number of hydroxylamine groups is 1. The zero-order valence-electron chi connectivity index (χ0n) is 17.1. The number of aldehydes is 1. The summed E-state index contributed by atoms with van der Waals surface area (Å²) in [5.41, 5.74) is 4.52. The zero-order valence-corrected chi connectivity index (χ0v) is 17.1. The minimum atomic E-state index is -0.456. The third-order valence-electron chi connectivity index (χ3n) is 4.55. The number of carbonyl (C=O) groups is 2. The molecule has 5 heteroatoms. The van der Waals surface area contributed by atoms with E-state index in [1.54, 1.807) is 4.90 Å². The Morgan fingerprint density at radius 1 is 1.04 bits per heavy atom. The van der Waals surface area contributed by atoms with Gasteiger partial charge >= 0.3 is 6.09 Å². The lowest BCUT2D eigenvalue weighted by atomic mass is 10.00. The van der Waals surface area contributed by atoms with E-state index >= 15 is 0 Å². The lowest BCUT2D eigenvalue weighted by molar-refractivity contribution is -0.108. The van der Waals surface area contributed by atoms with Crippen LogP contribution in [0.1, 0.15) is 51.3 Å². The maximum atomic E-state index is 12.8. The van der Waals surface area contributed by atoms with E-state index in [4.69, 9.17) is 4.84 Å².